The first-order valence-electron chi connectivity index (χ1n) is 11.2. The smallest absolute Gasteiger partial charge is 0.404 e. The predicted octanol–water partition coefficient (Wildman–Crippen LogP) is 5.06. The van der Waals surface area contributed by atoms with Gasteiger partial charge in [0, 0.05) is 19.1 Å². The first-order chi connectivity index (χ1) is 14.1. The molecular weight excluding hydrogens is 371 g/mol. The van der Waals surface area contributed by atoms with E-state index in [1.165, 1.54) is 37.8 Å². The largest absolute Gasteiger partial charge is 0.490 e. The van der Waals surface area contributed by atoms with Gasteiger partial charge in [-0.05, 0) is 81.7 Å². The minimum Gasteiger partial charge on any atom is -0.490 e. The molecule has 6 heteroatoms. The van der Waals surface area contributed by atoms with E-state index in [4.69, 9.17) is 9.84 Å². The maximum Gasteiger partial charge on any atom is 0.404 e. The lowest BCUT2D eigenvalue weighted by molar-refractivity contribution is 0.0948. The summed E-state index contributed by atoms with van der Waals surface area (Å²) in [4.78, 5) is 13.2. The summed E-state index contributed by atoms with van der Waals surface area (Å²) >= 11 is 0. The number of halogens is 1. The summed E-state index contributed by atoms with van der Waals surface area (Å²) in [6, 6.07) is 6.40. The van der Waals surface area contributed by atoms with Crippen molar-refractivity contribution in [1.29, 1.82) is 0 Å². The highest BCUT2D eigenvalue weighted by Crippen LogP contribution is 2.28. The molecular formula is C23H35FN2O3. The number of piperidine rings is 1. The molecule has 1 aliphatic heterocycles. The second-order valence-electron chi connectivity index (χ2n) is 8.63. The normalized spacial score (nSPS) is 24.9. The Kier molecular flexibility index (Phi) is 8.59. The fourth-order valence-corrected chi connectivity index (χ4v) is 4.09. The molecule has 3 aliphatic rings. The zero-order valence-electron chi connectivity index (χ0n) is 17.3. The van der Waals surface area contributed by atoms with Gasteiger partial charge in [0.25, 0.3) is 0 Å². The van der Waals surface area contributed by atoms with Crippen LogP contribution in [-0.4, -0.2) is 47.9 Å². The Morgan fingerprint density at radius 1 is 1.03 bits per heavy atom. The van der Waals surface area contributed by atoms with Crippen molar-refractivity contribution in [3.8, 4) is 5.75 Å². The van der Waals surface area contributed by atoms with Crippen LogP contribution in [-0.2, 0) is 0 Å². The van der Waals surface area contributed by atoms with Crippen LogP contribution in [0.15, 0.2) is 24.3 Å². The Bertz CT molecular complexity index is 604. The van der Waals surface area contributed by atoms with Crippen molar-refractivity contribution in [3.63, 3.8) is 0 Å². The lowest BCUT2D eigenvalue weighted by Gasteiger charge is -2.34. The molecule has 29 heavy (non-hydrogen) atoms. The Labute approximate surface area is 173 Å². The van der Waals surface area contributed by atoms with Crippen molar-refractivity contribution in [2.24, 2.45) is 5.92 Å². The summed E-state index contributed by atoms with van der Waals surface area (Å²) in [7, 11) is 0. The highest BCUT2D eigenvalue weighted by molar-refractivity contribution is 5.64. The molecule has 2 aliphatic carbocycles. The molecule has 1 saturated heterocycles. The standard InChI is InChI=1S/C20H29FN2O3.C3H6/c21-16-3-7-18(8-4-16)26-19-10-13-23(14-11-19)12-9-15-1-5-17(6-2-15)22-20(24)25;1-2-3-1/h3-4,7-8,15,17,19,22H,1-2,5-6,9-14H2,(H,24,25);1-3H2/t15-,17-;. The van der Waals surface area contributed by atoms with Crippen LogP contribution in [0, 0.1) is 11.7 Å². The Hall–Kier alpha value is -1.82. The molecule has 0 unspecified atom stereocenters. The van der Waals surface area contributed by atoms with Gasteiger partial charge in [0.1, 0.15) is 17.7 Å². The molecule has 0 aromatic heterocycles. The second kappa shape index (κ2) is 11.4. The van der Waals surface area contributed by atoms with Gasteiger partial charge in [-0.15, -0.1) is 0 Å². The van der Waals surface area contributed by atoms with Gasteiger partial charge in [0.15, 0.2) is 0 Å². The van der Waals surface area contributed by atoms with Crippen molar-refractivity contribution >= 4 is 6.09 Å². The van der Waals surface area contributed by atoms with Gasteiger partial charge in [-0.3, -0.25) is 0 Å². The van der Waals surface area contributed by atoms with E-state index >= 15 is 0 Å². The van der Waals surface area contributed by atoms with Gasteiger partial charge < -0.3 is 20.1 Å². The van der Waals surface area contributed by atoms with Gasteiger partial charge in [0.05, 0.1) is 0 Å². The number of hydrogen-bond donors (Lipinski definition) is 2. The van der Waals surface area contributed by atoms with E-state index in [2.05, 4.69) is 10.2 Å². The van der Waals surface area contributed by atoms with Gasteiger partial charge >= 0.3 is 6.09 Å². The molecule has 1 aromatic carbocycles. The Morgan fingerprint density at radius 3 is 2.21 bits per heavy atom. The zero-order chi connectivity index (χ0) is 20.5. The molecule has 0 spiro atoms. The Balaban J connectivity index is 0.000000732. The number of ether oxygens (including phenoxy) is 1. The van der Waals surface area contributed by atoms with Crippen LogP contribution in [0.1, 0.15) is 64.2 Å². The fraction of sp³-hybridized carbons (Fsp3) is 0.696. The summed E-state index contributed by atoms with van der Waals surface area (Å²) in [5, 5.41) is 11.4. The van der Waals surface area contributed by atoms with Crippen LogP contribution < -0.4 is 10.1 Å². The lowest BCUT2D eigenvalue weighted by Crippen LogP contribution is -2.40. The van der Waals surface area contributed by atoms with Crippen molar-refractivity contribution in [2.45, 2.75) is 76.4 Å². The Morgan fingerprint density at radius 2 is 1.66 bits per heavy atom. The number of likely N-dealkylation sites (tertiary alicyclic amines) is 1. The summed E-state index contributed by atoms with van der Waals surface area (Å²) in [6.45, 7) is 3.20. The van der Waals surface area contributed by atoms with Crippen LogP contribution >= 0.6 is 0 Å². The molecule has 3 fully saturated rings. The minimum atomic E-state index is -0.904. The quantitative estimate of drug-likeness (QED) is 0.693. The molecule has 4 rings (SSSR count). The molecule has 162 valence electrons. The van der Waals surface area contributed by atoms with E-state index in [1.807, 2.05) is 0 Å². The third-order valence-corrected chi connectivity index (χ3v) is 6.03. The van der Waals surface area contributed by atoms with E-state index in [1.54, 1.807) is 12.1 Å². The van der Waals surface area contributed by atoms with E-state index in [0.717, 1.165) is 69.8 Å². The van der Waals surface area contributed by atoms with Crippen LogP contribution in [0.2, 0.25) is 0 Å². The molecule has 5 nitrogen and oxygen atoms in total. The van der Waals surface area contributed by atoms with Gasteiger partial charge in [-0.2, -0.15) is 0 Å². The number of benzene rings is 1. The van der Waals surface area contributed by atoms with Crippen molar-refractivity contribution < 1.29 is 19.0 Å². The SMILES string of the molecule is C1CC1.O=C(O)N[C@H]1CC[C@H](CCN2CCC(Oc3ccc(F)cc3)CC2)CC1. The summed E-state index contributed by atoms with van der Waals surface area (Å²) in [6.07, 6.45) is 11.2. The third kappa shape index (κ3) is 8.60. The van der Waals surface area contributed by atoms with E-state index in [9.17, 15) is 9.18 Å². The van der Waals surface area contributed by atoms with Gasteiger partial charge in [0.2, 0.25) is 0 Å². The first-order valence-corrected chi connectivity index (χ1v) is 11.2. The molecule has 1 aromatic rings. The molecule has 0 radical (unpaired) electrons. The second-order valence-corrected chi connectivity index (χ2v) is 8.63. The molecule has 2 N–H and O–H groups in total. The summed E-state index contributed by atoms with van der Waals surface area (Å²) < 4.78 is 18.9. The number of nitrogens with zero attached hydrogens (tertiary/aromatic N) is 1. The fourth-order valence-electron chi connectivity index (χ4n) is 4.09. The van der Waals surface area contributed by atoms with Crippen molar-refractivity contribution in [1.82, 2.24) is 10.2 Å². The highest BCUT2D eigenvalue weighted by atomic mass is 19.1. The topological polar surface area (TPSA) is 61.8 Å². The average Bonchev–Trinajstić information content (AvgIpc) is 3.59. The number of nitrogens with one attached hydrogen (secondary N) is 1. The minimum absolute atomic E-state index is 0.142. The molecule has 0 bridgehead atoms. The molecule has 2 saturated carbocycles. The summed E-state index contributed by atoms with van der Waals surface area (Å²) in [5.41, 5.74) is 0. The monoisotopic (exact) mass is 406 g/mol. The van der Waals surface area contributed by atoms with E-state index in [-0.39, 0.29) is 18.0 Å². The van der Waals surface area contributed by atoms with Gasteiger partial charge in [-0.25, -0.2) is 9.18 Å². The number of carbonyl (C=O) groups is 1. The van der Waals surface area contributed by atoms with Crippen LogP contribution in [0.5, 0.6) is 5.75 Å². The third-order valence-electron chi connectivity index (χ3n) is 6.03. The van der Waals surface area contributed by atoms with Crippen LogP contribution in [0.25, 0.3) is 0 Å². The highest BCUT2D eigenvalue weighted by Gasteiger charge is 2.24. The van der Waals surface area contributed by atoms with E-state index in [0.29, 0.717) is 0 Å². The van der Waals surface area contributed by atoms with E-state index < -0.39 is 6.09 Å². The first kappa shape index (κ1) is 21.9. The zero-order valence-corrected chi connectivity index (χ0v) is 17.3. The number of rotatable bonds is 6. The maximum atomic E-state index is 12.9. The number of amides is 1. The number of carboxylic acid groups (broad SMARTS) is 1. The van der Waals surface area contributed by atoms with Crippen LogP contribution in [0.3, 0.4) is 0 Å². The summed E-state index contributed by atoms with van der Waals surface area (Å²) in [5.74, 6) is 1.23. The average molecular weight is 407 g/mol. The predicted molar refractivity (Wildman–Crippen MR) is 112 cm³/mol. The van der Waals surface area contributed by atoms with Crippen LogP contribution in [0.4, 0.5) is 9.18 Å². The van der Waals surface area contributed by atoms with Crippen molar-refractivity contribution in [2.75, 3.05) is 19.6 Å². The van der Waals surface area contributed by atoms with Crippen molar-refractivity contribution in [3.05, 3.63) is 30.1 Å². The van der Waals surface area contributed by atoms with Gasteiger partial charge in [-0.1, -0.05) is 19.3 Å². The lowest BCUT2D eigenvalue weighted by atomic mass is 9.84. The maximum absolute atomic E-state index is 12.9. The molecule has 0 atom stereocenters. The number of hydrogen-bond acceptors (Lipinski definition) is 3. The molecule has 1 heterocycles. The molecule has 1 amide bonds.